The Morgan fingerprint density at radius 2 is 1.85 bits per heavy atom. The van der Waals surface area contributed by atoms with Gasteiger partial charge < -0.3 is 10.1 Å². The smallest absolute Gasteiger partial charge is 0.331 e. The summed E-state index contributed by atoms with van der Waals surface area (Å²) in [5.41, 5.74) is 3.43. The molecule has 0 heterocycles. The van der Waals surface area contributed by atoms with Crippen LogP contribution in [0.5, 0.6) is 0 Å². The van der Waals surface area contributed by atoms with E-state index in [-0.39, 0.29) is 0 Å². The number of carbonyl (C=O) groups is 2. The van der Waals surface area contributed by atoms with Gasteiger partial charge in [0.15, 0.2) is 6.10 Å². The van der Waals surface area contributed by atoms with Crippen LogP contribution in [0.3, 0.4) is 0 Å². The normalized spacial score (nSPS) is 12.0. The highest BCUT2D eigenvalue weighted by Crippen LogP contribution is 2.23. The number of anilines is 1. The molecule has 0 bridgehead atoms. The molecule has 0 radical (unpaired) electrons. The van der Waals surface area contributed by atoms with Gasteiger partial charge in [0.1, 0.15) is 0 Å². The van der Waals surface area contributed by atoms with Crippen LogP contribution >= 0.6 is 23.2 Å². The molecule has 6 heteroatoms. The van der Waals surface area contributed by atoms with E-state index in [1.165, 1.54) is 13.0 Å². The van der Waals surface area contributed by atoms with Crippen molar-refractivity contribution in [3.05, 3.63) is 69.2 Å². The Hall–Kier alpha value is -2.30. The minimum Gasteiger partial charge on any atom is -0.449 e. The number of aryl methyl sites for hydroxylation is 1. The molecule has 136 valence electrons. The molecule has 0 aliphatic rings. The first kappa shape index (κ1) is 20.0. The summed E-state index contributed by atoms with van der Waals surface area (Å²) < 4.78 is 5.13. The average molecular weight is 392 g/mol. The zero-order chi connectivity index (χ0) is 19.3. The Balaban J connectivity index is 1.95. The second-order valence-electron chi connectivity index (χ2n) is 5.82. The van der Waals surface area contributed by atoms with Gasteiger partial charge in [-0.1, -0.05) is 41.4 Å². The van der Waals surface area contributed by atoms with Crippen LogP contribution in [-0.4, -0.2) is 18.0 Å². The average Bonchev–Trinajstić information content (AvgIpc) is 2.60. The fourth-order valence-corrected chi connectivity index (χ4v) is 2.47. The molecule has 0 aliphatic heterocycles. The van der Waals surface area contributed by atoms with Gasteiger partial charge in [-0.2, -0.15) is 0 Å². The third kappa shape index (κ3) is 5.35. The van der Waals surface area contributed by atoms with Gasteiger partial charge in [0.25, 0.3) is 5.91 Å². The van der Waals surface area contributed by atoms with Crippen LogP contribution in [0.25, 0.3) is 6.08 Å². The van der Waals surface area contributed by atoms with Crippen LogP contribution in [0.2, 0.25) is 10.0 Å². The summed E-state index contributed by atoms with van der Waals surface area (Å²) in [5.74, 6) is -1.02. The maximum atomic E-state index is 12.2. The number of ether oxygens (including phenoxy) is 1. The molecule has 4 nitrogen and oxygen atoms in total. The number of halogens is 2. The van der Waals surface area contributed by atoms with Crippen LogP contribution in [0.1, 0.15) is 23.6 Å². The summed E-state index contributed by atoms with van der Waals surface area (Å²) >= 11 is 11.8. The summed E-state index contributed by atoms with van der Waals surface area (Å²) in [6.07, 6.45) is 1.85. The van der Waals surface area contributed by atoms with Crippen LogP contribution in [0.4, 0.5) is 5.69 Å². The minimum atomic E-state index is -0.930. The van der Waals surface area contributed by atoms with Crippen molar-refractivity contribution in [2.45, 2.75) is 26.9 Å². The monoisotopic (exact) mass is 391 g/mol. The highest BCUT2D eigenvalue weighted by atomic mass is 35.5. The number of benzene rings is 2. The maximum Gasteiger partial charge on any atom is 0.331 e. The topological polar surface area (TPSA) is 55.4 Å². The van der Waals surface area contributed by atoms with E-state index in [9.17, 15) is 9.59 Å². The summed E-state index contributed by atoms with van der Waals surface area (Å²) in [5, 5.41) is 3.60. The molecule has 26 heavy (non-hydrogen) atoms. The van der Waals surface area contributed by atoms with E-state index in [4.69, 9.17) is 27.9 Å². The second kappa shape index (κ2) is 8.88. The number of esters is 1. The Kier molecular flexibility index (Phi) is 6.83. The molecular weight excluding hydrogens is 373 g/mol. The molecule has 0 fully saturated rings. The van der Waals surface area contributed by atoms with E-state index in [1.54, 1.807) is 30.3 Å². The number of amides is 1. The van der Waals surface area contributed by atoms with Crippen molar-refractivity contribution in [3.8, 4) is 0 Å². The standard InChI is InChI=1S/C20H19Cl2NO3/c1-12-5-4-6-18(13(12)2)23-20(25)14(3)26-19(24)10-8-15-7-9-16(21)17(22)11-15/h4-11,14H,1-3H3,(H,23,25)/b10-8+/t14-/m0/s1. The number of hydrogen-bond donors (Lipinski definition) is 1. The van der Waals surface area contributed by atoms with Gasteiger partial charge in [-0.05, 0) is 61.7 Å². The number of nitrogens with one attached hydrogen (secondary N) is 1. The number of carbonyl (C=O) groups excluding carboxylic acids is 2. The Bertz CT molecular complexity index is 862. The molecule has 1 amide bonds. The highest BCUT2D eigenvalue weighted by molar-refractivity contribution is 6.42. The summed E-state index contributed by atoms with van der Waals surface area (Å²) in [6, 6.07) is 10.6. The molecule has 0 unspecified atom stereocenters. The van der Waals surface area contributed by atoms with Gasteiger partial charge >= 0.3 is 5.97 Å². The molecule has 2 aromatic rings. The molecule has 0 saturated carbocycles. The third-order valence-corrected chi connectivity index (χ3v) is 4.62. The van der Waals surface area contributed by atoms with Gasteiger partial charge in [0.05, 0.1) is 10.0 Å². The van der Waals surface area contributed by atoms with Crippen molar-refractivity contribution < 1.29 is 14.3 Å². The van der Waals surface area contributed by atoms with E-state index in [1.807, 2.05) is 26.0 Å². The minimum absolute atomic E-state index is 0.392. The first-order valence-electron chi connectivity index (χ1n) is 7.98. The zero-order valence-electron chi connectivity index (χ0n) is 14.7. The quantitative estimate of drug-likeness (QED) is 0.563. The molecule has 1 N–H and O–H groups in total. The second-order valence-corrected chi connectivity index (χ2v) is 6.64. The number of rotatable bonds is 5. The molecule has 0 aliphatic carbocycles. The van der Waals surface area contributed by atoms with Crippen LogP contribution in [-0.2, 0) is 14.3 Å². The summed E-state index contributed by atoms with van der Waals surface area (Å²) in [4.78, 5) is 24.1. The van der Waals surface area contributed by atoms with Gasteiger partial charge in [-0.3, -0.25) is 4.79 Å². The lowest BCUT2D eigenvalue weighted by molar-refractivity contribution is -0.148. The van der Waals surface area contributed by atoms with Crippen molar-refractivity contribution in [1.29, 1.82) is 0 Å². The molecule has 0 saturated heterocycles. The van der Waals surface area contributed by atoms with E-state index in [2.05, 4.69) is 5.32 Å². The lowest BCUT2D eigenvalue weighted by Crippen LogP contribution is -2.29. The highest BCUT2D eigenvalue weighted by Gasteiger charge is 2.17. The predicted molar refractivity (Wildman–Crippen MR) is 106 cm³/mol. The van der Waals surface area contributed by atoms with E-state index in [0.29, 0.717) is 21.3 Å². The van der Waals surface area contributed by atoms with Gasteiger partial charge in [0, 0.05) is 11.8 Å². The first-order valence-corrected chi connectivity index (χ1v) is 8.74. The van der Waals surface area contributed by atoms with Gasteiger partial charge in [-0.15, -0.1) is 0 Å². The first-order chi connectivity index (χ1) is 12.3. The largest absolute Gasteiger partial charge is 0.449 e. The lowest BCUT2D eigenvalue weighted by Gasteiger charge is -2.14. The summed E-state index contributed by atoms with van der Waals surface area (Å²) in [6.45, 7) is 5.40. The molecule has 2 aromatic carbocycles. The van der Waals surface area contributed by atoms with Crippen LogP contribution in [0.15, 0.2) is 42.5 Å². The molecule has 1 atom stereocenters. The van der Waals surface area contributed by atoms with Crippen molar-refractivity contribution in [2.75, 3.05) is 5.32 Å². The Morgan fingerprint density at radius 3 is 2.54 bits per heavy atom. The van der Waals surface area contributed by atoms with Crippen LogP contribution < -0.4 is 5.32 Å². The zero-order valence-corrected chi connectivity index (χ0v) is 16.2. The van der Waals surface area contributed by atoms with E-state index >= 15 is 0 Å². The SMILES string of the molecule is Cc1cccc(NC(=O)[C@H](C)OC(=O)/C=C/c2ccc(Cl)c(Cl)c2)c1C. The predicted octanol–water partition coefficient (Wildman–Crippen LogP) is 5.19. The van der Waals surface area contributed by atoms with E-state index < -0.39 is 18.0 Å². The Morgan fingerprint density at radius 1 is 1.12 bits per heavy atom. The fourth-order valence-electron chi connectivity index (χ4n) is 2.17. The molecule has 0 aromatic heterocycles. The summed E-state index contributed by atoms with van der Waals surface area (Å²) in [7, 11) is 0. The van der Waals surface area contributed by atoms with Crippen molar-refractivity contribution >= 4 is 46.8 Å². The number of hydrogen-bond acceptors (Lipinski definition) is 3. The van der Waals surface area contributed by atoms with Crippen molar-refractivity contribution in [1.82, 2.24) is 0 Å². The lowest BCUT2D eigenvalue weighted by atomic mass is 10.1. The maximum absolute atomic E-state index is 12.2. The van der Waals surface area contributed by atoms with Crippen molar-refractivity contribution in [2.24, 2.45) is 0 Å². The van der Waals surface area contributed by atoms with E-state index in [0.717, 1.165) is 11.1 Å². The van der Waals surface area contributed by atoms with Gasteiger partial charge in [0.2, 0.25) is 0 Å². The molecule has 0 spiro atoms. The third-order valence-electron chi connectivity index (χ3n) is 3.88. The Labute approximate surface area is 162 Å². The van der Waals surface area contributed by atoms with Crippen LogP contribution in [0, 0.1) is 13.8 Å². The fraction of sp³-hybridized carbons (Fsp3) is 0.200. The van der Waals surface area contributed by atoms with Gasteiger partial charge in [-0.25, -0.2) is 4.79 Å². The van der Waals surface area contributed by atoms with Crippen molar-refractivity contribution in [3.63, 3.8) is 0 Å². The molecular formula is C20H19Cl2NO3. The molecule has 2 rings (SSSR count).